The summed E-state index contributed by atoms with van der Waals surface area (Å²) >= 11 is 3.21. The zero-order chi connectivity index (χ0) is 15.6. The molecule has 2 N–H and O–H groups in total. The van der Waals surface area contributed by atoms with Crippen LogP contribution in [0.4, 0.5) is 11.5 Å². The predicted molar refractivity (Wildman–Crippen MR) is 80.2 cm³/mol. The van der Waals surface area contributed by atoms with Gasteiger partial charge >= 0.3 is 5.97 Å². The molecule has 0 spiro atoms. The molecule has 0 aliphatic heterocycles. The molecule has 1 aromatic rings. The highest BCUT2D eigenvalue weighted by atomic mass is 79.9. The SMILES string of the molecule is CC1CCC(Nc2ncc([N+](=O)[O-])cc2Br)(C(=O)O)CC1. The number of aromatic nitrogens is 1. The number of carbonyl (C=O) groups is 1. The van der Waals surface area contributed by atoms with Crippen LogP contribution in [-0.2, 0) is 4.79 Å². The molecule has 8 heteroatoms. The van der Waals surface area contributed by atoms with Crippen LogP contribution in [0.15, 0.2) is 16.7 Å². The summed E-state index contributed by atoms with van der Waals surface area (Å²) in [4.78, 5) is 25.8. The second kappa shape index (κ2) is 5.97. The molecule has 2 rings (SSSR count). The smallest absolute Gasteiger partial charge is 0.329 e. The molecule has 0 aromatic carbocycles. The van der Waals surface area contributed by atoms with Crippen LogP contribution in [-0.4, -0.2) is 26.5 Å². The third-order valence-corrected chi connectivity index (χ3v) is 4.54. The van der Waals surface area contributed by atoms with Gasteiger partial charge in [0, 0.05) is 6.07 Å². The Bertz CT molecular complexity index is 571. The van der Waals surface area contributed by atoms with E-state index in [1.165, 1.54) is 6.07 Å². The van der Waals surface area contributed by atoms with Crippen LogP contribution in [0.5, 0.6) is 0 Å². The van der Waals surface area contributed by atoms with Gasteiger partial charge in [0.2, 0.25) is 0 Å². The molecule has 1 fully saturated rings. The summed E-state index contributed by atoms with van der Waals surface area (Å²) in [5.41, 5.74) is -1.20. The van der Waals surface area contributed by atoms with Crippen LogP contribution >= 0.6 is 15.9 Å². The lowest BCUT2D eigenvalue weighted by atomic mass is 9.77. The van der Waals surface area contributed by atoms with Crippen LogP contribution in [0, 0.1) is 16.0 Å². The van der Waals surface area contributed by atoms with Crippen LogP contribution in [0.2, 0.25) is 0 Å². The van der Waals surface area contributed by atoms with Crippen LogP contribution in [0.1, 0.15) is 32.6 Å². The van der Waals surface area contributed by atoms with E-state index in [1.54, 1.807) is 0 Å². The fourth-order valence-electron chi connectivity index (χ4n) is 2.49. The lowest BCUT2D eigenvalue weighted by molar-refractivity contribution is -0.385. The molecule has 1 saturated carbocycles. The lowest BCUT2D eigenvalue weighted by Gasteiger charge is -2.37. The number of rotatable bonds is 4. The van der Waals surface area contributed by atoms with Gasteiger partial charge in [-0.2, -0.15) is 0 Å². The fraction of sp³-hybridized carbons (Fsp3) is 0.538. The van der Waals surface area contributed by atoms with Crippen LogP contribution < -0.4 is 5.32 Å². The number of aliphatic carboxylic acids is 1. The van der Waals surface area contributed by atoms with E-state index in [-0.39, 0.29) is 5.69 Å². The van der Waals surface area contributed by atoms with Gasteiger partial charge in [0.15, 0.2) is 0 Å². The quantitative estimate of drug-likeness (QED) is 0.633. The summed E-state index contributed by atoms with van der Waals surface area (Å²) in [6.45, 7) is 2.10. The highest BCUT2D eigenvalue weighted by Gasteiger charge is 2.41. The van der Waals surface area contributed by atoms with E-state index in [4.69, 9.17) is 0 Å². The zero-order valence-electron chi connectivity index (χ0n) is 11.5. The Kier molecular flexibility index (Phi) is 4.46. The lowest BCUT2D eigenvalue weighted by Crippen LogP contribution is -2.49. The Morgan fingerprint density at radius 2 is 2.19 bits per heavy atom. The molecule has 114 valence electrons. The molecule has 0 amide bonds. The van der Waals surface area contributed by atoms with Crippen LogP contribution in [0.25, 0.3) is 0 Å². The molecule has 1 aromatic heterocycles. The average molecular weight is 358 g/mol. The normalized spacial score (nSPS) is 25.3. The van der Waals surface area contributed by atoms with Crippen molar-refractivity contribution in [2.24, 2.45) is 5.92 Å². The van der Waals surface area contributed by atoms with E-state index in [2.05, 4.69) is 33.2 Å². The van der Waals surface area contributed by atoms with Gasteiger partial charge in [-0.25, -0.2) is 9.78 Å². The number of pyridine rings is 1. The van der Waals surface area contributed by atoms with Gasteiger partial charge in [0.05, 0.1) is 9.40 Å². The molecule has 1 aliphatic rings. The monoisotopic (exact) mass is 357 g/mol. The summed E-state index contributed by atoms with van der Waals surface area (Å²) in [5, 5.41) is 23.2. The van der Waals surface area contributed by atoms with E-state index in [1.807, 2.05) is 0 Å². The summed E-state index contributed by atoms with van der Waals surface area (Å²) in [7, 11) is 0. The second-order valence-corrected chi connectivity index (χ2v) is 6.33. The van der Waals surface area contributed by atoms with E-state index in [0.717, 1.165) is 19.0 Å². The predicted octanol–water partition coefficient (Wildman–Crippen LogP) is 3.20. The van der Waals surface area contributed by atoms with E-state index >= 15 is 0 Å². The first kappa shape index (κ1) is 15.7. The van der Waals surface area contributed by atoms with Gasteiger partial charge in [-0.15, -0.1) is 0 Å². The largest absolute Gasteiger partial charge is 0.480 e. The zero-order valence-corrected chi connectivity index (χ0v) is 13.1. The Morgan fingerprint density at radius 1 is 1.57 bits per heavy atom. The molecule has 7 nitrogen and oxygen atoms in total. The number of hydrogen-bond donors (Lipinski definition) is 2. The maximum absolute atomic E-state index is 11.7. The van der Waals surface area contributed by atoms with Crippen molar-refractivity contribution in [1.82, 2.24) is 4.98 Å². The number of halogens is 1. The van der Waals surface area contributed by atoms with Crippen molar-refractivity contribution in [3.8, 4) is 0 Å². The molecule has 21 heavy (non-hydrogen) atoms. The molecular formula is C13H16BrN3O4. The molecule has 0 bridgehead atoms. The number of nitrogens with zero attached hydrogens (tertiary/aromatic N) is 2. The van der Waals surface area contributed by atoms with Crippen molar-refractivity contribution in [3.63, 3.8) is 0 Å². The Hall–Kier alpha value is -1.70. The summed E-state index contributed by atoms with van der Waals surface area (Å²) < 4.78 is 0.385. The van der Waals surface area contributed by atoms with Crippen LogP contribution in [0.3, 0.4) is 0 Å². The van der Waals surface area contributed by atoms with E-state index < -0.39 is 16.4 Å². The van der Waals surface area contributed by atoms with Gasteiger partial charge in [0.1, 0.15) is 17.6 Å². The minimum atomic E-state index is -1.06. The first-order chi connectivity index (χ1) is 9.84. The van der Waals surface area contributed by atoms with Crippen molar-refractivity contribution in [3.05, 3.63) is 26.9 Å². The molecule has 0 radical (unpaired) electrons. The first-order valence-corrected chi connectivity index (χ1v) is 7.45. The summed E-state index contributed by atoms with van der Waals surface area (Å²) in [5.74, 6) is -0.0912. The van der Waals surface area contributed by atoms with Crippen molar-refractivity contribution in [2.75, 3.05) is 5.32 Å². The average Bonchev–Trinajstić information content (AvgIpc) is 2.43. The Morgan fingerprint density at radius 3 is 2.67 bits per heavy atom. The maximum atomic E-state index is 11.7. The number of carboxylic acid groups (broad SMARTS) is 1. The number of anilines is 1. The highest BCUT2D eigenvalue weighted by Crippen LogP contribution is 2.36. The molecule has 0 atom stereocenters. The number of nitrogens with one attached hydrogen (secondary N) is 1. The third-order valence-electron chi connectivity index (χ3n) is 3.93. The third kappa shape index (κ3) is 3.31. The van der Waals surface area contributed by atoms with Gasteiger partial charge in [0.25, 0.3) is 5.69 Å². The maximum Gasteiger partial charge on any atom is 0.329 e. The minimum absolute atomic E-state index is 0.144. The molecule has 1 aliphatic carbocycles. The minimum Gasteiger partial charge on any atom is -0.480 e. The number of hydrogen-bond acceptors (Lipinski definition) is 5. The number of carboxylic acids is 1. The van der Waals surface area contributed by atoms with Crippen molar-refractivity contribution in [1.29, 1.82) is 0 Å². The number of nitro groups is 1. The highest BCUT2D eigenvalue weighted by molar-refractivity contribution is 9.10. The van der Waals surface area contributed by atoms with Gasteiger partial charge < -0.3 is 10.4 Å². The Labute approximate surface area is 130 Å². The van der Waals surface area contributed by atoms with Crippen molar-refractivity contribution in [2.45, 2.75) is 38.1 Å². The van der Waals surface area contributed by atoms with Gasteiger partial charge in [-0.3, -0.25) is 10.1 Å². The molecular weight excluding hydrogens is 342 g/mol. The van der Waals surface area contributed by atoms with E-state index in [0.29, 0.717) is 29.1 Å². The Balaban J connectivity index is 2.26. The molecule has 0 unspecified atom stereocenters. The van der Waals surface area contributed by atoms with Crippen molar-refractivity contribution >= 4 is 33.4 Å². The van der Waals surface area contributed by atoms with Crippen molar-refractivity contribution < 1.29 is 14.8 Å². The van der Waals surface area contributed by atoms with Gasteiger partial charge in [-0.05, 0) is 47.5 Å². The summed E-state index contributed by atoms with van der Waals surface area (Å²) in [6, 6.07) is 1.32. The fourth-order valence-corrected chi connectivity index (χ4v) is 2.93. The summed E-state index contributed by atoms with van der Waals surface area (Å²) in [6.07, 6.45) is 3.78. The molecule has 1 heterocycles. The molecule has 0 saturated heterocycles. The first-order valence-electron chi connectivity index (χ1n) is 6.65. The van der Waals surface area contributed by atoms with E-state index in [9.17, 15) is 20.0 Å². The second-order valence-electron chi connectivity index (χ2n) is 5.48. The van der Waals surface area contributed by atoms with Gasteiger partial charge in [-0.1, -0.05) is 6.92 Å². The standard InChI is InChI=1S/C13H16BrN3O4/c1-8-2-4-13(5-3-8,12(18)19)16-11-10(14)6-9(7-15-11)17(20)21/h6-8H,2-5H2,1H3,(H,15,16)(H,18,19). The topological polar surface area (TPSA) is 105 Å².